The first-order valence-electron chi connectivity index (χ1n) is 4.73. The molecule has 8 nitrogen and oxygen atoms in total. The topological polar surface area (TPSA) is 130 Å². The van der Waals surface area contributed by atoms with Crippen molar-refractivity contribution in [3.8, 4) is 0 Å². The van der Waals surface area contributed by atoms with E-state index in [4.69, 9.17) is 20.1 Å². The molecule has 0 saturated carbocycles. The number of carboxylic acid groups (broad SMARTS) is 3. The highest BCUT2D eigenvalue weighted by molar-refractivity contribution is 5.79. The van der Waals surface area contributed by atoms with Gasteiger partial charge < -0.3 is 24.8 Å². The summed E-state index contributed by atoms with van der Waals surface area (Å²) >= 11 is 0. The van der Waals surface area contributed by atoms with Gasteiger partial charge in [-0.25, -0.2) is 9.59 Å². The molecule has 0 heterocycles. The Morgan fingerprint density at radius 1 is 1.12 bits per heavy atom. The molecule has 0 aromatic heterocycles. The van der Waals surface area contributed by atoms with Crippen molar-refractivity contribution in [3.05, 3.63) is 0 Å². The third-order valence-electron chi connectivity index (χ3n) is 1.70. The van der Waals surface area contributed by atoms with Crippen LogP contribution in [-0.4, -0.2) is 45.8 Å². The van der Waals surface area contributed by atoms with Crippen LogP contribution in [0.4, 0.5) is 4.79 Å². The Kier molecular flexibility index (Phi) is 5.97. The van der Waals surface area contributed by atoms with E-state index in [2.05, 4.69) is 4.74 Å². The molecule has 0 bridgehead atoms. The summed E-state index contributed by atoms with van der Waals surface area (Å²) in [6.07, 6.45) is -5.38. The fourth-order valence-electron chi connectivity index (χ4n) is 0.934. The predicted octanol–water partition coefficient (Wildman–Crippen LogP) is 0.608. The van der Waals surface area contributed by atoms with E-state index < -0.39 is 42.8 Å². The van der Waals surface area contributed by atoms with Gasteiger partial charge in [-0.3, -0.25) is 4.79 Å². The first-order chi connectivity index (χ1) is 7.73. The average Bonchev–Trinajstić information content (AvgIpc) is 2.13. The van der Waals surface area contributed by atoms with E-state index in [1.54, 1.807) is 13.8 Å². The van der Waals surface area contributed by atoms with Gasteiger partial charge >= 0.3 is 18.1 Å². The Balaban J connectivity index is 4.61. The van der Waals surface area contributed by atoms with Crippen molar-refractivity contribution >= 4 is 18.1 Å². The highest BCUT2D eigenvalue weighted by Gasteiger charge is 2.29. The molecular weight excluding hydrogens is 236 g/mol. The number of hydrogen-bond acceptors (Lipinski definition) is 5. The quantitative estimate of drug-likeness (QED) is 0.442. The zero-order chi connectivity index (χ0) is 13.6. The minimum Gasteiger partial charge on any atom is -0.481 e. The van der Waals surface area contributed by atoms with Gasteiger partial charge in [-0.1, -0.05) is 13.8 Å². The zero-order valence-corrected chi connectivity index (χ0v) is 9.32. The summed E-state index contributed by atoms with van der Waals surface area (Å²) in [6.45, 7) is 3.10. The second-order valence-corrected chi connectivity index (χ2v) is 3.56. The van der Waals surface area contributed by atoms with Gasteiger partial charge in [-0.2, -0.15) is 0 Å². The Morgan fingerprint density at radius 2 is 1.65 bits per heavy atom. The second kappa shape index (κ2) is 6.69. The van der Waals surface area contributed by atoms with Gasteiger partial charge in [0.15, 0.2) is 6.10 Å². The molecule has 0 rings (SSSR count). The smallest absolute Gasteiger partial charge is 0.481 e. The van der Waals surface area contributed by atoms with Gasteiger partial charge in [0, 0.05) is 5.92 Å². The maximum absolute atomic E-state index is 10.7. The number of rotatable bonds is 7. The molecule has 0 radical (unpaired) electrons. The summed E-state index contributed by atoms with van der Waals surface area (Å²) in [7, 11) is 0. The molecule has 0 aromatic carbocycles. The molecule has 0 aliphatic heterocycles. The van der Waals surface area contributed by atoms with Crippen LogP contribution in [0, 0.1) is 5.92 Å². The summed E-state index contributed by atoms with van der Waals surface area (Å²) in [5, 5.41) is 25.6. The van der Waals surface area contributed by atoms with Crippen LogP contribution in [0.3, 0.4) is 0 Å². The minimum absolute atomic E-state index is 0.443. The fraction of sp³-hybridized carbons (Fsp3) is 0.667. The number of aliphatic carboxylic acids is 2. The highest BCUT2D eigenvalue weighted by Crippen LogP contribution is 2.13. The van der Waals surface area contributed by atoms with Crippen molar-refractivity contribution in [2.24, 2.45) is 5.92 Å². The first kappa shape index (κ1) is 15.2. The monoisotopic (exact) mass is 250 g/mol. The number of carbonyl (C=O) groups is 3. The Labute approximate surface area is 96.8 Å². The van der Waals surface area contributed by atoms with Crippen LogP contribution in [0.2, 0.25) is 0 Å². The van der Waals surface area contributed by atoms with Crippen LogP contribution in [0.15, 0.2) is 0 Å². The zero-order valence-electron chi connectivity index (χ0n) is 9.32. The van der Waals surface area contributed by atoms with Gasteiger partial charge in [0.1, 0.15) is 0 Å². The van der Waals surface area contributed by atoms with E-state index >= 15 is 0 Å². The Morgan fingerprint density at radius 3 is 1.94 bits per heavy atom. The van der Waals surface area contributed by atoms with Gasteiger partial charge in [-0.05, 0) is 0 Å². The van der Waals surface area contributed by atoms with Gasteiger partial charge in [0.05, 0.1) is 6.42 Å². The van der Waals surface area contributed by atoms with Crippen LogP contribution in [0.5, 0.6) is 0 Å². The molecule has 0 fully saturated rings. The van der Waals surface area contributed by atoms with E-state index in [0.717, 1.165) is 0 Å². The lowest BCUT2D eigenvalue weighted by atomic mass is 10.2. The average molecular weight is 250 g/mol. The van der Waals surface area contributed by atoms with Crippen molar-refractivity contribution in [1.29, 1.82) is 0 Å². The van der Waals surface area contributed by atoms with Crippen LogP contribution >= 0.6 is 0 Å². The lowest BCUT2D eigenvalue weighted by molar-refractivity contribution is -0.192. The molecule has 0 spiro atoms. The summed E-state index contributed by atoms with van der Waals surface area (Å²) in [4.78, 5) is 31.4. The van der Waals surface area contributed by atoms with Gasteiger partial charge in [0.2, 0.25) is 6.29 Å². The first-order valence-corrected chi connectivity index (χ1v) is 4.73. The summed E-state index contributed by atoms with van der Waals surface area (Å²) in [5.74, 6) is -3.30. The lowest BCUT2D eigenvalue weighted by Crippen LogP contribution is -2.36. The van der Waals surface area contributed by atoms with Crippen molar-refractivity contribution in [2.45, 2.75) is 32.7 Å². The maximum atomic E-state index is 10.7. The standard InChI is InChI=1S/C9H14O8/c1-4(2)8(17-9(14)15)16-5(7(12)13)3-6(10)11/h4-5,8H,3H2,1-2H3,(H,10,11)(H,12,13)(H,14,15). The van der Waals surface area contributed by atoms with Crippen molar-refractivity contribution < 1.29 is 39.2 Å². The number of hydrogen-bond donors (Lipinski definition) is 3. The van der Waals surface area contributed by atoms with Gasteiger partial charge in [0.25, 0.3) is 0 Å². The molecule has 98 valence electrons. The SMILES string of the molecule is CC(C)C(OC(=O)O)OC(CC(=O)O)C(=O)O. The van der Waals surface area contributed by atoms with E-state index in [9.17, 15) is 14.4 Å². The normalized spacial score (nSPS) is 14.1. The van der Waals surface area contributed by atoms with Crippen molar-refractivity contribution in [2.75, 3.05) is 0 Å². The molecular formula is C9H14O8. The molecule has 0 aromatic rings. The van der Waals surface area contributed by atoms with Crippen LogP contribution in [-0.2, 0) is 19.1 Å². The molecule has 2 atom stereocenters. The van der Waals surface area contributed by atoms with Crippen LogP contribution < -0.4 is 0 Å². The van der Waals surface area contributed by atoms with Crippen LogP contribution in [0.1, 0.15) is 20.3 Å². The second-order valence-electron chi connectivity index (χ2n) is 3.56. The summed E-state index contributed by atoms with van der Waals surface area (Å²) in [6, 6.07) is 0. The molecule has 0 aliphatic carbocycles. The molecule has 0 saturated heterocycles. The molecule has 8 heteroatoms. The number of ether oxygens (including phenoxy) is 2. The van der Waals surface area contributed by atoms with Crippen molar-refractivity contribution in [3.63, 3.8) is 0 Å². The molecule has 0 amide bonds. The van der Waals surface area contributed by atoms with E-state index in [1.165, 1.54) is 0 Å². The van der Waals surface area contributed by atoms with E-state index in [-0.39, 0.29) is 0 Å². The van der Waals surface area contributed by atoms with Crippen molar-refractivity contribution in [1.82, 2.24) is 0 Å². The third kappa shape index (κ3) is 6.36. The molecule has 0 aliphatic rings. The summed E-state index contributed by atoms with van der Waals surface area (Å²) in [5.41, 5.74) is 0. The third-order valence-corrected chi connectivity index (χ3v) is 1.70. The van der Waals surface area contributed by atoms with Crippen LogP contribution in [0.25, 0.3) is 0 Å². The Hall–Kier alpha value is -1.83. The minimum atomic E-state index is -1.65. The molecule has 17 heavy (non-hydrogen) atoms. The van der Waals surface area contributed by atoms with E-state index in [0.29, 0.717) is 0 Å². The highest BCUT2D eigenvalue weighted by atomic mass is 16.8. The van der Waals surface area contributed by atoms with E-state index in [1.807, 2.05) is 0 Å². The fourth-order valence-corrected chi connectivity index (χ4v) is 0.934. The summed E-state index contributed by atoms with van der Waals surface area (Å²) < 4.78 is 9.12. The molecule has 2 unspecified atom stereocenters. The van der Waals surface area contributed by atoms with Gasteiger partial charge in [-0.15, -0.1) is 0 Å². The maximum Gasteiger partial charge on any atom is 0.508 e. The predicted molar refractivity (Wildman–Crippen MR) is 52.5 cm³/mol. The Bertz CT molecular complexity index is 297. The number of carboxylic acids is 2. The lowest BCUT2D eigenvalue weighted by Gasteiger charge is -2.23. The molecule has 3 N–H and O–H groups in total. The largest absolute Gasteiger partial charge is 0.508 e.